The van der Waals surface area contributed by atoms with Crippen molar-refractivity contribution in [2.24, 2.45) is 0 Å². The van der Waals surface area contributed by atoms with Gasteiger partial charge in [0, 0.05) is 6.54 Å². The third-order valence-corrected chi connectivity index (χ3v) is 2.32. The zero-order chi connectivity index (χ0) is 12.8. The summed E-state index contributed by atoms with van der Waals surface area (Å²) in [5.74, 6) is -1.87. The van der Waals surface area contributed by atoms with Crippen LogP contribution in [-0.4, -0.2) is 11.5 Å². The Labute approximate surface area is 97.8 Å². The van der Waals surface area contributed by atoms with E-state index in [-0.39, 0.29) is 5.69 Å². The maximum atomic E-state index is 13.4. The summed E-state index contributed by atoms with van der Waals surface area (Å²) in [7, 11) is 0. The van der Waals surface area contributed by atoms with Crippen molar-refractivity contribution in [3.8, 4) is 0 Å². The summed E-state index contributed by atoms with van der Waals surface area (Å²) in [5, 5.41) is 13.0. The van der Waals surface area contributed by atoms with E-state index >= 15 is 0 Å². The molecule has 0 amide bonds. The van der Waals surface area contributed by atoms with E-state index in [1.54, 1.807) is 0 Å². The minimum Gasteiger partial charge on any atom is -0.380 e. The molecule has 0 aliphatic carbocycles. The lowest BCUT2D eigenvalue weighted by molar-refractivity contribution is -0.385. The highest BCUT2D eigenvalue weighted by atomic mass is 19.1. The van der Waals surface area contributed by atoms with E-state index in [1.807, 2.05) is 6.92 Å². The minimum absolute atomic E-state index is 0.299. The number of anilines is 1. The zero-order valence-corrected chi connectivity index (χ0v) is 9.50. The van der Waals surface area contributed by atoms with Gasteiger partial charge in [-0.3, -0.25) is 10.1 Å². The monoisotopic (exact) mass is 244 g/mol. The predicted molar refractivity (Wildman–Crippen MR) is 61.0 cm³/mol. The molecule has 1 N–H and O–H groups in total. The number of unbranched alkanes of at least 4 members (excludes halogenated alkanes) is 2. The molecule has 0 aliphatic rings. The van der Waals surface area contributed by atoms with E-state index in [0.717, 1.165) is 19.3 Å². The van der Waals surface area contributed by atoms with E-state index in [9.17, 15) is 18.9 Å². The number of halogens is 2. The van der Waals surface area contributed by atoms with Gasteiger partial charge in [0.15, 0.2) is 11.6 Å². The Bertz CT molecular complexity index is 387. The Balaban J connectivity index is 2.76. The highest BCUT2D eigenvalue weighted by molar-refractivity contribution is 5.51. The average Bonchev–Trinajstić information content (AvgIpc) is 2.26. The van der Waals surface area contributed by atoms with E-state index < -0.39 is 22.2 Å². The number of hydrogen-bond donors (Lipinski definition) is 1. The number of nitrogens with one attached hydrogen (secondary N) is 1. The van der Waals surface area contributed by atoms with Crippen LogP contribution < -0.4 is 5.32 Å². The van der Waals surface area contributed by atoms with Gasteiger partial charge < -0.3 is 5.32 Å². The number of hydrogen-bond acceptors (Lipinski definition) is 3. The van der Waals surface area contributed by atoms with Gasteiger partial charge in [0.25, 0.3) is 5.69 Å². The van der Waals surface area contributed by atoms with Crippen LogP contribution in [0.4, 0.5) is 20.2 Å². The predicted octanol–water partition coefficient (Wildman–Crippen LogP) is 3.48. The summed E-state index contributed by atoms with van der Waals surface area (Å²) in [6.07, 6.45) is 2.77. The highest BCUT2D eigenvalue weighted by Crippen LogP contribution is 2.24. The normalized spacial score (nSPS) is 10.3. The van der Waals surface area contributed by atoms with E-state index in [1.165, 1.54) is 0 Å². The second-order valence-electron chi connectivity index (χ2n) is 3.68. The fourth-order valence-corrected chi connectivity index (χ4v) is 1.42. The van der Waals surface area contributed by atoms with Gasteiger partial charge in [-0.2, -0.15) is 0 Å². The summed E-state index contributed by atoms with van der Waals surface area (Å²) in [4.78, 5) is 9.54. The molecule has 4 nitrogen and oxygen atoms in total. The molecule has 0 atom stereocenters. The van der Waals surface area contributed by atoms with Gasteiger partial charge in [-0.1, -0.05) is 19.8 Å². The number of nitrogens with zero attached hydrogens (tertiary/aromatic N) is 1. The molecule has 0 heterocycles. The second-order valence-corrected chi connectivity index (χ2v) is 3.68. The maximum Gasteiger partial charge on any atom is 0.275 e. The lowest BCUT2D eigenvalue weighted by Crippen LogP contribution is -2.06. The fraction of sp³-hybridized carbons (Fsp3) is 0.455. The van der Waals surface area contributed by atoms with Crippen LogP contribution in [0.25, 0.3) is 0 Å². The maximum absolute atomic E-state index is 13.4. The standard InChI is InChI=1S/C11H14F2N2O2/c1-2-3-4-5-14-11-9(12)6-8(15(16)17)7-10(11)13/h6-7,14H,2-5H2,1H3. The first-order valence-electron chi connectivity index (χ1n) is 5.43. The molecule has 0 fully saturated rings. The quantitative estimate of drug-likeness (QED) is 0.473. The molecule has 6 heteroatoms. The van der Waals surface area contributed by atoms with Gasteiger partial charge in [0.1, 0.15) is 5.69 Å². The Kier molecular flexibility index (Phi) is 4.81. The summed E-state index contributed by atoms with van der Waals surface area (Å²) in [6.45, 7) is 2.46. The molecule has 0 spiro atoms. The topological polar surface area (TPSA) is 55.2 Å². The number of rotatable bonds is 6. The van der Waals surface area contributed by atoms with Crippen molar-refractivity contribution in [3.63, 3.8) is 0 Å². The van der Waals surface area contributed by atoms with Crippen molar-refractivity contribution < 1.29 is 13.7 Å². The van der Waals surface area contributed by atoms with Crippen molar-refractivity contribution in [1.82, 2.24) is 0 Å². The summed E-state index contributed by atoms with van der Waals surface area (Å²) in [6, 6.07) is 1.43. The molecule has 94 valence electrons. The molecule has 17 heavy (non-hydrogen) atoms. The fourth-order valence-electron chi connectivity index (χ4n) is 1.42. The third kappa shape index (κ3) is 3.65. The number of non-ortho nitro benzene ring substituents is 1. The van der Waals surface area contributed by atoms with Gasteiger partial charge in [0.2, 0.25) is 0 Å². The van der Waals surface area contributed by atoms with Crippen LogP contribution in [0.15, 0.2) is 12.1 Å². The van der Waals surface area contributed by atoms with Crippen molar-refractivity contribution in [3.05, 3.63) is 33.9 Å². The number of nitro groups is 1. The van der Waals surface area contributed by atoms with Crippen molar-refractivity contribution in [2.75, 3.05) is 11.9 Å². The molecule has 1 aromatic rings. The van der Waals surface area contributed by atoms with Gasteiger partial charge in [-0.15, -0.1) is 0 Å². The molecule has 1 aromatic carbocycles. The van der Waals surface area contributed by atoms with Gasteiger partial charge >= 0.3 is 0 Å². The first-order chi connectivity index (χ1) is 8.06. The van der Waals surface area contributed by atoms with Gasteiger partial charge in [-0.25, -0.2) is 8.78 Å². The SMILES string of the molecule is CCCCCNc1c(F)cc([N+](=O)[O-])cc1F. The zero-order valence-electron chi connectivity index (χ0n) is 9.50. The van der Waals surface area contributed by atoms with Crippen molar-refractivity contribution in [2.45, 2.75) is 26.2 Å². The van der Waals surface area contributed by atoms with Crippen LogP contribution in [0.1, 0.15) is 26.2 Å². The molecular weight excluding hydrogens is 230 g/mol. The van der Waals surface area contributed by atoms with Gasteiger partial charge in [-0.05, 0) is 6.42 Å². The van der Waals surface area contributed by atoms with Crippen LogP contribution in [-0.2, 0) is 0 Å². The minimum atomic E-state index is -0.937. The van der Waals surface area contributed by atoms with Crippen LogP contribution in [0.5, 0.6) is 0 Å². The van der Waals surface area contributed by atoms with E-state index in [4.69, 9.17) is 0 Å². The van der Waals surface area contributed by atoms with Crippen LogP contribution >= 0.6 is 0 Å². The van der Waals surface area contributed by atoms with Crippen LogP contribution in [0, 0.1) is 21.7 Å². The Morgan fingerprint density at radius 3 is 2.35 bits per heavy atom. The average molecular weight is 244 g/mol. The van der Waals surface area contributed by atoms with Gasteiger partial charge in [0.05, 0.1) is 17.1 Å². The second kappa shape index (κ2) is 6.12. The van der Waals surface area contributed by atoms with Crippen molar-refractivity contribution >= 4 is 11.4 Å². The summed E-state index contributed by atoms with van der Waals surface area (Å²) in [5.41, 5.74) is -0.884. The van der Waals surface area contributed by atoms with E-state index in [0.29, 0.717) is 18.7 Å². The molecule has 0 saturated heterocycles. The lowest BCUT2D eigenvalue weighted by atomic mass is 10.2. The van der Waals surface area contributed by atoms with Crippen LogP contribution in [0.3, 0.4) is 0 Å². The van der Waals surface area contributed by atoms with E-state index in [2.05, 4.69) is 5.32 Å². The smallest absolute Gasteiger partial charge is 0.275 e. The summed E-state index contributed by atoms with van der Waals surface area (Å²) >= 11 is 0. The van der Waals surface area contributed by atoms with Crippen molar-refractivity contribution in [1.29, 1.82) is 0 Å². The Morgan fingerprint density at radius 2 is 1.88 bits per heavy atom. The lowest BCUT2D eigenvalue weighted by Gasteiger charge is -2.08. The molecule has 0 bridgehead atoms. The Morgan fingerprint density at radius 1 is 1.29 bits per heavy atom. The van der Waals surface area contributed by atoms with Crippen LogP contribution in [0.2, 0.25) is 0 Å². The number of nitro benzene ring substituents is 1. The molecule has 0 saturated carbocycles. The molecule has 0 unspecified atom stereocenters. The largest absolute Gasteiger partial charge is 0.380 e. The molecule has 0 radical (unpaired) electrons. The molecular formula is C11H14F2N2O2. The number of benzene rings is 1. The third-order valence-electron chi connectivity index (χ3n) is 2.32. The summed E-state index contributed by atoms with van der Waals surface area (Å²) < 4.78 is 26.7. The first-order valence-corrected chi connectivity index (χ1v) is 5.43. The molecule has 0 aliphatic heterocycles. The highest BCUT2D eigenvalue weighted by Gasteiger charge is 2.16. The Hall–Kier alpha value is -1.72. The first kappa shape index (κ1) is 13.3. The molecule has 1 rings (SSSR count). The molecule has 0 aromatic heterocycles.